The van der Waals surface area contributed by atoms with Gasteiger partial charge in [-0.3, -0.25) is 0 Å². The maximum absolute atomic E-state index is 2.45. The van der Waals surface area contributed by atoms with Crippen LogP contribution in [0.4, 0.5) is 0 Å². The zero-order chi connectivity index (χ0) is 33.0. The molecule has 0 heterocycles. The van der Waals surface area contributed by atoms with Gasteiger partial charge in [0.15, 0.2) is 0 Å². The summed E-state index contributed by atoms with van der Waals surface area (Å²) in [5.41, 5.74) is 24.0. The first-order chi connectivity index (χ1) is 23.4. The standard InChI is InChI=1S/2C24H28/c2*1-17(21-13-11-19-7-3-5-9-23(19)15-21)18(2)22-14-12-20-8-4-6-10-24(20)16-22/h2*11-16H,3-10H2,1-2H3/b2*18-17-. The summed E-state index contributed by atoms with van der Waals surface area (Å²) < 4.78 is 0. The zero-order valence-electron chi connectivity index (χ0n) is 30.2. The van der Waals surface area contributed by atoms with Crippen molar-refractivity contribution in [3.05, 3.63) is 140 Å². The molecule has 4 aromatic rings. The molecular formula is C48H56. The Hall–Kier alpha value is -3.64. The van der Waals surface area contributed by atoms with Crippen LogP contribution in [0, 0.1) is 0 Å². The Labute approximate surface area is 291 Å². The van der Waals surface area contributed by atoms with Crippen molar-refractivity contribution in [3.63, 3.8) is 0 Å². The van der Waals surface area contributed by atoms with Crippen molar-refractivity contribution in [3.8, 4) is 0 Å². The van der Waals surface area contributed by atoms with Crippen LogP contribution >= 0.6 is 0 Å². The van der Waals surface area contributed by atoms with Crippen LogP contribution in [0.1, 0.15) is 146 Å². The van der Waals surface area contributed by atoms with E-state index in [0.717, 1.165) is 0 Å². The molecule has 0 saturated heterocycles. The molecular weight excluding hydrogens is 577 g/mol. The first kappa shape index (κ1) is 32.9. The van der Waals surface area contributed by atoms with Gasteiger partial charge >= 0.3 is 0 Å². The van der Waals surface area contributed by atoms with Crippen molar-refractivity contribution in [2.45, 2.75) is 130 Å². The molecule has 0 fully saturated rings. The highest BCUT2D eigenvalue weighted by molar-refractivity contribution is 5.90. The first-order valence-electron chi connectivity index (χ1n) is 19.3. The number of hydrogen-bond donors (Lipinski definition) is 0. The average Bonchev–Trinajstić information content (AvgIpc) is 3.16. The van der Waals surface area contributed by atoms with Crippen LogP contribution in [0.3, 0.4) is 0 Å². The highest BCUT2D eigenvalue weighted by Crippen LogP contribution is 2.33. The van der Waals surface area contributed by atoms with Gasteiger partial charge < -0.3 is 0 Å². The molecule has 0 nitrogen and oxygen atoms in total. The van der Waals surface area contributed by atoms with Crippen LogP contribution in [-0.4, -0.2) is 0 Å². The lowest BCUT2D eigenvalue weighted by atomic mass is 9.86. The van der Waals surface area contributed by atoms with Crippen molar-refractivity contribution in [1.82, 2.24) is 0 Å². The summed E-state index contributed by atoms with van der Waals surface area (Å²) in [5.74, 6) is 0. The van der Waals surface area contributed by atoms with E-state index < -0.39 is 0 Å². The van der Waals surface area contributed by atoms with Crippen molar-refractivity contribution in [2.24, 2.45) is 0 Å². The Balaban J connectivity index is 0.000000152. The van der Waals surface area contributed by atoms with Crippen LogP contribution in [0.2, 0.25) is 0 Å². The van der Waals surface area contributed by atoms with Crippen LogP contribution in [0.25, 0.3) is 22.3 Å². The molecule has 0 N–H and O–H groups in total. The molecule has 0 saturated carbocycles. The lowest BCUT2D eigenvalue weighted by Gasteiger charge is -2.19. The predicted molar refractivity (Wildman–Crippen MR) is 209 cm³/mol. The Morgan fingerprint density at radius 3 is 0.667 bits per heavy atom. The normalized spacial score (nSPS) is 17.8. The maximum atomic E-state index is 2.45. The Morgan fingerprint density at radius 2 is 0.458 bits per heavy atom. The summed E-state index contributed by atoms with van der Waals surface area (Å²) in [6.45, 7) is 9.16. The zero-order valence-corrected chi connectivity index (χ0v) is 30.2. The summed E-state index contributed by atoms with van der Waals surface area (Å²) >= 11 is 0. The van der Waals surface area contributed by atoms with Crippen molar-refractivity contribution < 1.29 is 0 Å². The highest BCUT2D eigenvalue weighted by Gasteiger charge is 2.15. The van der Waals surface area contributed by atoms with E-state index in [4.69, 9.17) is 0 Å². The summed E-state index contributed by atoms with van der Waals surface area (Å²) in [7, 11) is 0. The number of hydrogen-bond acceptors (Lipinski definition) is 0. The first-order valence-corrected chi connectivity index (χ1v) is 19.3. The van der Waals surface area contributed by atoms with Gasteiger partial charge in [-0.2, -0.15) is 0 Å². The quantitative estimate of drug-likeness (QED) is 0.196. The van der Waals surface area contributed by atoms with Gasteiger partial charge in [0.25, 0.3) is 0 Å². The second-order valence-electron chi connectivity index (χ2n) is 15.3. The maximum Gasteiger partial charge on any atom is -0.0222 e. The minimum atomic E-state index is 1.26. The van der Waals surface area contributed by atoms with Crippen molar-refractivity contribution >= 4 is 22.3 Å². The molecule has 0 amide bonds. The summed E-state index contributed by atoms with van der Waals surface area (Å²) in [4.78, 5) is 0. The van der Waals surface area contributed by atoms with Crippen molar-refractivity contribution in [1.29, 1.82) is 0 Å². The molecule has 0 atom stereocenters. The fraction of sp³-hybridized carbons (Fsp3) is 0.417. The molecule has 0 radical (unpaired) electrons. The average molecular weight is 633 g/mol. The lowest BCUT2D eigenvalue weighted by Crippen LogP contribution is -2.04. The Kier molecular flexibility index (Phi) is 10.2. The third-order valence-corrected chi connectivity index (χ3v) is 12.3. The summed E-state index contributed by atoms with van der Waals surface area (Å²) in [5, 5.41) is 0. The van der Waals surface area contributed by atoms with Gasteiger partial charge in [-0.05, 0) is 219 Å². The van der Waals surface area contributed by atoms with Gasteiger partial charge in [-0.15, -0.1) is 0 Å². The van der Waals surface area contributed by atoms with Crippen LogP contribution in [-0.2, 0) is 51.4 Å². The fourth-order valence-corrected chi connectivity index (χ4v) is 8.73. The largest absolute Gasteiger partial charge is 0.0582 e. The number of fused-ring (bicyclic) bond motifs is 4. The van der Waals surface area contributed by atoms with E-state index in [1.54, 1.807) is 44.5 Å². The monoisotopic (exact) mass is 632 g/mol. The molecule has 4 aliphatic carbocycles. The molecule has 248 valence electrons. The van der Waals surface area contributed by atoms with Gasteiger partial charge in [0.1, 0.15) is 0 Å². The molecule has 8 rings (SSSR count). The smallest absolute Gasteiger partial charge is 0.0222 e. The summed E-state index contributed by atoms with van der Waals surface area (Å²) in [6.07, 6.45) is 20.9. The molecule has 48 heavy (non-hydrogen) atoms. The van der Waals surface area contributed by atoms with E-state index in [1.165, 1.54) is 147 Å². The number of benzene rings is 4. The Morgan fingerprint density at radius 1 is 0.271 bits per heavy atom. The molecule has 4 aromatic carbocycles. The van der Waals surface area contributed by atoms with Gasteiger partial charge in [-0.25, -0.2) is 0 Å². The number of allylic oxidation sites excluding steroid dienone is 4. The third-order valence-electron chi connectivity index (χ3n) is 12.3. The van der Waals surface area contributed by atoms with Crippen LogP contribution in [0.15, 0.2) is 72.8 Å². The van der Waals surface area contributed by atoms with E-state index in [-0.39, 0.29) is 0 Å². The van der Waals surface area contributed by atoms with Crippen LogP contribution < -0.4 is 0 Å². The van der Waals surface area contributed by atoms with E-state index >= 15 is 0 Å². The topological polar surface area (TPSA) is 0 Å². The molecule has 0 bridgehead atoms. The van der Waals surface area contributed by atoms with Gasteiger partial charge in [0.05, 0.1) is 0 Å². The van der Waals surface area contributed by atoms with Gasteiger partial charge in [0, 0.05) is 0 Å². The second-order valence-corrected chi connectivity index (χ2v) is 15.3. The second kappa shape index (κ2) is 14.9. The van der Waals surface area contributed by atoms with E-state index in [1.807, 2.05) is 0 Å². The molecule has 0 aromatic heterocycles. The van der Waals surface area contributed by atoms with Gasteiger partial charge in [-0.1, -0.05) is 72.8 Å². The van der Waals surface area contributed by atoms with E-state index in [2.05, 4.69) is 100 Å². The van der Waals surface area contributed by atoms with Gasteiger partial charge in [0.2, 0.25) is 0 Å². The summed E-state index contributed by atoms with van der Waals surface area (Å²) in [6, 6.07) is 28.6. The van der Waals surface area contributed by atoms with Crippen LogP contribution in [0.5, 0.6) is 0 Å². The van der Waals surface area contributed by atoms with Crippen molar-refractivity contribution in [2.75, 3.05) is 0 Å². The van der Waals surface area contributed by atoms with E-state index in [9.17, 15) is 0 Å². The lowest BCUT2D eigenvalue weighted by molar-refractivity contribution is 0.685. The minimum absolute atomic E-state index is 1.26. The number of rotatable bonds is 4. The SMILES string of the molecule is C/C(=C(\C)c1ccc2c(c1)CCCC2)c1ccc2c(c1)CCCC2.C/C(=C(\C)c1ccc2c(c1)CCCC2)c1ccc2c(c1)CCCC2. The Bertz CT molecular complexity index is 1590. The minimum Gasteiger partial charge on any atom is -0.0582 e. The number of aryl methyl sites for hydroxylation is 8. The molecule has 0 spiro atoms. The van der Waals surface area contributed by atoms with E-state index in [0.29, 0.717) is 0 Å². The molecule has 4 aliphatic rings. The molecule has 0 unspecified atom stereocenters. The fourth-order valence-electron chi connectivity index (χ4n) is 8.73. The highest BCUT2D eigenvalue weighted by atomic mass is 14.2. The third kappa shape index (κ3) is 7.19. The molecule has 0 heteroatoms. The molecule has 0 aliphatic heterocycles. The predicted octanol–water partition coefficient (Wildman–Crippen LogP) is 12.8.